The molecule has 84 valence electrons. The van der Waals surface area contributed by atoms with Crippen LogP contribution in [0.2, 0.25) is 0 Å². The minimum absolute atomic E-state index is 0.191. The monoisotopic (exact) mass is 211 g/mol. The fourth-order valence-electron chi connectivity index (χ4n) is 1.58. The number of ether oxygens (including phenoxy) is 2. The average molecular weight is 211 g/mol. The minimum atomic E-state index is -0.662. The summed E-state index contributed by atoms with van der Waals surface area (Å²) in [5.41, 5.74) is 7.04. The summed E-state index contributed by atoms with van der Waals surface area (Å²) in [6.45, 7) is 2.06. The Kier molecular flexibility index (Phi) is 3.94. The van der Waals surface area contributed by atoms with Crippen molar-refractivity contribution < 1.29 is 14.6 Å². The van der Waals surface area contributed by atoms with Gasteiger partial charge in [-0.3, -0.25) is 0 Å². The van der Waals surface area contributed by atoms with Crippen LogP contribution < -0.4 is 15.2 Å². The normalized spacial score (nSPS) is 12.3. The van der Waals surface area contributed by atoms with E-state index in [4.69, 9.17) is 15.2 Å². The van der Waals surface area contributed by atoms with Crippen molar-refractivity contribution in [3.8, 4) is 11.5 Å². The Bertz CT molecular complexity index is 339. The third kappa shape index (κ3) is 2.22. The van der Waals surface area contributed by atoms with Gasteiger partial charge in [-0.2, -0.15) is 0 Å². The summed E-state index contributed by atoms with van der Waals surface area (Å²) in [5.74, 6) is 1.30. The second-order valence-corrected chi connectivity index (χ2v) is 3.27. The summed E-state index contributed by atoms with van der Waals surface area (Å²) in [6, 6.07) is 3.56. The maximum Gasteiger partial charge on any atom is 0.163 e. The first-order valence-electron chi connectivity index (χ1n) is 4.75. The van der Waals surface area contributed by atoms with Crippen molar-refractivity contribution in [3.05, 3.63) is 23.3 Å². The molecule has 0 radical (unpaired) electrons. The van der Waals surface area contributed by atoms with Gasteiger partial charge in [-0.25, -0.2) is 0 Å². The summed E-state index contributed by atoms with van der Waals surface area (Å²) in [5, 5.41) is 9.67. The standard InChI is InChI=1S/C11H17NO3/c1-7-8(9(13)6-12)4-5-10(14-2)11(7)15-3/h4-5,9,13H,6,12H2,1-3H3. The molecule has 15 heavy (non-hydrogen) atoms. The first-order valence-corrected chi connectivity index (χ1v) is 4.75. The lowest BCUT2D eigenvalue weighted by Gasteiger charge is -2.16. The number of hydrogen-bond acceptors (Lipinski definition) is 4. The first-order chi connectivity index (χ1) is 7.15. The zero-order valence-corrected chi connectivity index (χ0v) is 9.28. The van der Waals surface area contributed by atoms with Crippen LogP contribution in [0.25, 0.3) is 0 Å². The molecule has 0 amide bonds. The highest BCUT2D eigenvalue weighted by Crippen LogP contribution is 2.34. The van der Waals surface area contributed by atoms with Gasteiger partial charge in [-0.05, 0) is 18.6 Å². The largest absolute Gasteiger partial charge is 0.493 e. The molecular weight excluding hydrogens is 194 g/mol. The van der Waals surface area contributed by atoms with Crippen LogP contribution in [0.15, 0.2) is 12.1 Å². The zero-order valence-electron chi connectivity index (χ0n) is 9.28. The predicted molar refractivity (Wildman–Crippen MR) is 58.3 cm³/mol. The van der Waals surface area contributed by atoms with Crippen LogP contribution in [0.4, 0.5) is 0 Å². The van der Waals surface area contributed by atoms with Crippen LogP contribution in [0.3, 0.4) is 0 Å². The summed E-state index contributed by atoms with van der Waals surface area (Å²) in [6.07, 6.45) is -0.662. The maximum atomic E-state index is 9.67. The van der Waals surface area contributed by atoms with Gasteiger partial charge in [0.1, 0.15) is 0 Å². The van der Waals surface area contributed by atoms with E-state index in [1.807, 2.05) is 6.92 Å². The second kappa shape index (κ2) is 5.00. The first kappa shape index (κ1) is 11.8. The fourth-order valence-corrected chi connectivity index (χ4v) is 1.58. The van der Waals surface area contributed by atoms with E-state index in [0.29, 0.717) is 11.5 Å². The quantitative estimate of drug-likeness (QED) is 0.780. The second-order valence-electron chi connectivity index (χ2n) is 3.27. The van der Waals surface area contributed by atoms with Crippen LogP contribution in [0.1, 0.15) is 17.2 Å². The lowest BCUT2D eigenvalue weighted by molar-refractivity contribution is 0.185. The smallest absolute Gasteiger partial charge is 0.163 e. The number of aliphatic hydroxyl groups excluding tert-OH is 1. The molecule has 1 aromatic rings. The molecule has 0 fully saturated rings. The summed E-state index contributed by atoms with van der Waals surface area (Å²) in [4.78, 5) is 0. The Morgan fingerprint density at radius 1 is 1.33 bits per heavy atom. The van der Waals surface area contributed by atoms with Crippen molar-refractivity contribution >= 4 is 0 Å². The molecule has 1 atom stereocenters. The molecule has 0 saturated carbocycles. The van der Waals surface area contributed by atoms with E-state index in [2.05, 4.69) is 0 Å². The molecule has 4 nitrogen and oxygen atoms in total. The van der Waals surface area contributed by atoms with Gasteiger partial charge in [0.05, 0.1) is 20.3 Å². The van der Waals surface area contributed by atoms with Gasteiger partial charge < -0.3 is 20.3 Å². The summed E-state index contributed by atoms with van der Waals surface area (Å²) < 4.78 is 10.4. The Morgan fingerprint density at radius 3 is 2.47 bits per heavy atom. The van der Waals surface area contributed by atoms with E-state index in [-0.39, 0.29) is 6.54 Å². The lowest BCUT2D eigenvalue weighted by atomic mass is 10.0. The highest BCUT2D eigenvalue weighted by molar-refractivity contribution is 5.50. The number of rotatable bonds is 4. The molecule has 0 aliphatic carbocycles. The topological polar surface area (TPSA) is 64.7 Å². The predicted octanol–water partition coefficient (Wildman–Crippen LogP) is 1.00. The van der Waals surface area contributed by atoms with Crippen molar-refractivity contribution in [1.29, 1.82) is 0 Å². The highest BCUT2D eigenvalue weighted by Gasteiger charge is 2.15. The van der Waals surface area contributed by atoms with Gasteiger partial charge in [-0.15, -0.1) is 0 Å². The van der Waals surface area contributed by atoms with E-state index in [1.54, 1.807) is 26.4 Å². The van der Waals surface area contributed by atoms with Gasteiger partial charge >= 0.3 is 0 Å². The SMILES string of the molecule is COc1ccc(C(O)CN)c(C)c1OC. The molecule has 1 unspecified atom stereocenters. The Hall–Kier alpha value is -1.26. The van der Waals surface area contributed by atoms with Crippen LogP contribution in [0.5, 0.6) is 11.5 Å². The van der Waals surface area contributed by atoms with Crippen LogP contribution in [-0.4, -0.2) is 25.9 Å². The molecule has 0 bridgehead atoms. The molecule has 4 heteroatoms. The molecule has 0 aromatic heterocycles. The van der Waals surface area contributed by atoms with Crippen molar-refractivity contribution in [2.24, 2.45) is 5.73 Å². The fraction of sp³-hybridized carbons (Fsp3) is 0.455. The van der Waals surface area contributed by atoms with Crippen molar-refractivity contribution in [2.75, 3.05) is 20.8 Å². The van der Waals surface area contributed by atoms with Crippen molar-refractivity contribution in [2.45, 2.75) is 13.0 Å². The van der Waals surface area contributed by atoms with Crippen LogP contribution in [0, 0.1) is 6.92 Å². The molecule has 0 aliphatic rings. The van der Waals surface area contributed by atoms with Crippen molar-refractivity contribution in [3.63, 3.8) is 0 Å². The lowest BCUT2D eigenvalue weighted by Crippen LogP contribution is -2.13. The number of benzene rings is 1. The van der Waals surface area contributed by atoms with E-state index in [0.717, 1.165) is 11.1 Å². The number of aliphatic hydroxyl groups is 1. The van der Waals surface area contributed by atoms with Crippen LogP contribution >= 0.6 is 0 Å². The number of hydrogen-bond donors (Lipinski definition) is 2. The van der Waals surface area contributed by atoms with E-state index in [1.165, 1.54) is 0 Å². The molecule has 0 aliphatic heterocycles. The Labute approximate surface area is 89.6 Å². The van der Waals surface area contributed by atoms with E-state index < -0.39 is 6.10 Å². The Balaban J connectivity index is 3.22. The zero-order chi connectivity index (χ0) is 11.4. The van der Waals surface area contributed by atoms with Gasteiger partial charge in [-0.1, -0.05) is 6.07 Å². The third-order valence-corrected chi connectivity index (χ3v) is 2.42. The molecule has 0 heterocycles. The van der Waals surface area contributed by atoms with Gasteiger partial charge in [0.2, 0.25) is 0 Å². The van der Waals surface area contributed by atoms with Crippen LogP contribution in [-0.2, 0) is 0 Å². The van der Waals surface area contributed by atoms with Gasteiger partial charge in [0, 0.05) is 12.1 Å². The van der Waals surface area contributed by atoms with Gasteiger partial charge in [0.25, 0.3) is 0 Å². The molecular formula is C11H17NO3. The van der Waals surface area contributed by atoms with Crippen molar-refractivity contribution in [1.82, 2.24) is 0 Å². The van der Waals surface area contributed by atoms with Gasteiger partial charge in [0.15, 0.2) is 11.5 Å². The molecule has 0 saturated heterocycles. The number of methoxy groups -OCH3 is 2. The molecule has 1 rings (SSSR count). The Morgan fingerprint density at radius 2 is 2.00 bits per heavy atom. The van der Waals surface area contributed by atoms with E-state index in [9.17, 15) is 5.11 Å². The average Bonchev–Trinajstić information content (AvgIpc) is 2.27. The van der Waals surface area contributed by atoms with E-state index >= 15 is 0 Å². The highest BCUT2D eigenvalue weighted by atomic mass is 16.5. The molecule has 0 spiro atoms. The molecule has 1 aromatic carbocycles. The third-order valence-electron chi connectivity index (χ3n) is 2.42. The summed E-state index contributed by atoms with van der Waals surface area (Å²) in [7, 11) is 3.15. The minimum Gasteiger partial charge on any atom is -0.493 e. The number of nitrogens with two attached hydrogens (primary N) is 1. The maximum absolute atomic E-state index is 9.67. The molecule has 3 N–H and O–H groups in total. The summed E-state index contributed by atoms with van der Waals surface area (Å²) >= 11 is 0.